The van der Waals surface area contributed by atoms with E-state index in [1.807, 2.05) is 0 Å². The van der Waals surface area contributed by atoms with E-state index >= 15 is 0 Å². The topological polar surface area (TPSA) is 19.7 Å². The van der Waals surface area contributed by atoms with Gasteiger partial charge in [-0.2, -0.15) is 0 Å². The maximum atomic E-state index is 2.46. The molecular weight excluding hydrogens is 921 g/mol. The number of hydrogen-bond acceptors (Lipinski definition) is 0. The van der Waals surface area contributed by atoms with Gasteiger partial charge >= 0.3 is 0 Å². The molecule has 0 radical (unpaired) electrons. The summed E-state index contributed by atoms with van der Waals surface area (Å²) < 4.78 is 9.80. The summed E-state index contributed by atoms with van der Waals surface area (Å²) in [5.74, 6) is 0. The lowest BCUT2D eigenvalue weighted by Crippen LogP contribution is -1.96. The van der Waals surface area contributed by atoms with Gasteiger partial charge < -0.3 is 18.3 Å². The molecular formula is C72H46N4. The van der Waals surface area contributed by atoms with Crippen molar-refractivity contribution in [2.24, 2.45) is 0 Å². The highest BCUT2D eigenvalue weighted by Gasteiger charge is 2.23. The fourth-order valence-corrected chi connectivity index (χ4v) is 12.7. The molecule has 0 saturated carbocycles. The van der Waals surface area contributed by atoms with Crippen molar-refractivity contribution in [1.29, 1.82) is 0 Å². The number of benzene rings is 12. The van der Waals surface area contributed by atoms with Crippen LogP contribution in [0, 0.1) is 0 Å². The predicted molar refractivity (Wildman–Crippen MR) is 320 cm³/mol. The number of hydrogen-bond donors (Lipinski definition) is 0. The third-order valence-electron chi connectivity index (χ3n) is 15.9. The van der Waals surface area contributed by atoms with Gasteiger partial charge in [-0.25, -0.2) is 0 Å². The Hall–Kier alpha value is -10.2. The Labute approximate surface area is 438 Å². The van der Waals surface area contributed by atoms with Gasteiger partial charge in [-0.1, -0.05) is 170 Å². The maximum absolute atomic E-state index is 2.46. The molecule has 4 aromatic heterocycles. The van der Waals surface area contributed by atoms with E-state index in [2.05, 4.69) is 297 Å². The van der Waals surface area contributed by atoms with Crippen molar-refractivity contribution in [2.75, 3.05) is 0 Å². The Kier molecular flexibility index (Phi) is 9.30. The van der Waals surface area contributed by atoms with Crippen LogP contribution in [0.1, 0.15) is 0 Å². The third kappa shape index (κ3) is 6.31. The Morgan fingerprint density at radius 1 is 0.171 bits per heavy atom. The zero-order valence-electron chi connectivity index (χ0n) is 41.3. The summed E-state index contributed by atoms with van der Waals surface area (Å²) >= 11 is 0. The standard InChI is InChI=1S/C72H46N4/c1-4-20-47(21-5-1)50-42-51(48-22-18-28-55(45-48)74-64-36-16-12-32-60(64)70-67(74)41-40-66-69(70)59-31-11-15-35-63(59)73(66)53-24-6-2-7-25-53)44-52(43-50)49-23-19-29-56(46-49)75-65-37-17-13-33-61(65)71-68(75)39-38-58-57-30-10-14-34-62(57)76(72(58)71)54-26-8-3-9-27-54/h1-46H. The number of para-hydroxylation sites is 6. The largest absolute Gasteiger partial charge is 0.309 e. The van der Waals surface area contributed by atoms with E-state index in [0.717, 1.165) is 45.0 Å². The molecule has 0 aliphatic rings. The molecule has 0 spiro atoms. The fraction of sp³-hybridized carbons (Fsp3) is 0. The van der Waals surface area contributed by atoms with Crippen LogP contribution >= 0.6 is 0 Å². The molecule has 16 rings (SSSR count). The summed E-state index contributed by atoms with van der Waals surface area (Å²) in [5.41, 5.74) is 21.1. The Morgan fingerprint density at radius 3 is 1.03 bits per heavy atom. The lowest BCUT2D eigenvalue weighted by Gasteiger charge is -2.15. The molecule has 0 aliphatic heterocycles. The van der Waals surface area contributed by atoms with Gasteiger partial charge in [0.25, 0.3) is 0 Å². The minimum Gasteiger partial charge on any atom is -0.309 e. The molecule has 0 saturated heterocycles. The van der Waals surface area contributed by atoms with Crippen molar-refractivity contribution < 1.29 is 0 Å². The Morgan fingerprint density at radius 2 is 0.513 bits per heavy atom. The minimum absolute atomic E-state index is 1.12. The first kappa shape index (κ1) is 42.4. The molecule has 12 aromatic carbocycles. The monoisotopic (exact) mass is 966 g/mol. The van der Waals surface area contributed by atoms with Crippen molar-refractivity contribution in [2.45, 2.75) is 0 Å². The summed E-state index contributed by atoms with van der Waals surface area (Å²) in [6.45, 7) is 0. The smallest absolute Gasteiger partial charge is 0.0641 e. The fourth-order valence-electron chi connectivity index (χ4n) is 12.7. The van der Waals surface area contributed by atoms with Crippen molar-refractivity contribution in [3.8, 4) is 56.1 Å². The van der Waals surface area contributed by atoms with Crippen molar-refractivity contribution >= 4 is 87.2 Å². The highest BCUT2D eigenvalue weighted by Crippen LogP contribution is 2.45. The molecule has 0 fully saturated rings. The zero-order chi connectivity index (χ0) is 49.8. The molecule has 4 nitrogen and oxygen atoms in total. The van der Waals surface area contributed by atoms with E-state index in [1.165, 1.54) is 98.4 Å². The highest BCUT2D eigenvalue weighted by atomic mass is 15.0. The molecule has 4 heterocycles. The van der Waals surface area contributed by atoms with Crippen molar-refractivity contribution in [3.63, 3.8) is 0 Å². The van der Waals surface area contributed by atoms with Crippen LogP contribution in [0.5, 0.6) is 0 Å². The summed E-state index contributed by atoms with van der Waals surface area (Å²) in [6, 6.07) is 102. The lowest BCUT2D eigenvalue weighted by atomic mass is 9.93. The van der Waals surface area contributed by atoms with Crippen LogP contribution < -0.4 is 0 Å². The van der Waals surface area contributed by atoms with E-state index in [-0.39, 0.29) is 0 Å². The van der Waals surface area contributed by atoms with Gasteiger partial charge in [0.2, 0.25) is 0 Å². The first-order valence-electron chi connectivity index (χ1n) is 26.2. The van der Waals surface area contributed by atoms with Crippen LogP contribution in [0.3, 0.4) is 0 Å². The van der Waals surface area contributed by atoms with Gasteiger partial charge in [0.05, 0.1) is 44.1 Å². The molecule has 0 N–H and O–H groups in total. The molecule has 0 amide bonds. The molecule has 76 heavy (non-hydrogen) atoms. The third-order valence-corrected chi connectivity index (χ3v) is 15.9. The van der Waals surface area contributed by atoms with E-state index in [4.69, 9.17) is 0 Å². The van der Waals surface area contributed by atoms with Crippen LogP contribution in [0.25, 0.3) is 143 Å². The first-order valence-corrected chi connectivity index (χ1v) is 26.2. The van der Waals surface area contributed by atoms with E-state index in [9.17, 15) is 0 Å². The van der Waals surface area contributed by atoms with Crippen LogP contribution in [-0.4, -0.2) is 18.3 Å². The quantitative estimate of drug-likeness (QED) is 0.152. The van der Waals surface area contributed by atoms with Crippen molar-refractivity contribution in [3.05, 3.63) is 279 Å². The van der Waals surface area contributed by atoms with Gasteiger partial charge in [-0.3, -0.25) is 0 Å². The number of aromatic nitrogens is 4. The predicted octanol–water partition coefficient (Wildman–Crippen LogP) is 19.1. The number of nitrogens with zero attached hydrogens (tertiary/aromatic N) is 4. The molecule has 0 unspecified atom stereocenters. The molecule has 16 aromatic rings. The van der Waals surface area contributed by atoms with E-state index < -0.39 is 0 Å². The lowest BCUT2D eigenvalue weighted by molar-refractivity contribution is 1.17. The second kappa shape index (κ2) is 16.7. The molecule has 4 heteroatoms. The molecule has 0 bridgehead atoms. The summed E-state index contributed by atoms with van der Waals surface area (Å²) in [5, 5.41) is 10.0. The second-order valence-electron chi connectivity index (χ2n) is 20.1. The highest BCUT2D eigenvalue weighted by molar-refractivity contribution is 6.29. The normalized spacial score (nSPS) is 11.9. The van der Waals surface area contributed by atoms with Gasteiger partial charge in [0, 0.05) is 65.8 Å². The van der Waals surface area contributed by atoms with Gasteiger partial charge in [0.15, 0.2) is 0 Å². The van der Waals surface area contributed by atoms with Gasteiger partial charge in [0.1, 0.15) is 0 Å². The van der Waals surface area contributed by atoms with Crippen LogP contribution in [0.2, 0.25) is 0 Å². The van der Waals surface area contributed by atoms with Crippen LogP contribution in [-0.2, 0) is 0 Å². The van der Waals surface area contributed by atoms with Crippen LogP contribution in [0.15, 0.2) is 279 Å². The average Bonchev–Trinajstić information content (AvgIpc) is 4.39. The maximum Gasteiger partial charge on any atom is 0.0641 e. The number of fused-ring (bicyclic) bond motifs is 14. The molecule has 0 atom stereocenters. The average molecular weight is 967 g/mol. The van der Waals surface area contributed by atoms with Crippen molar-refractivity contribution in [1.82, 2.24) is 18.3 Å². The minimum atomic E-state index is 1.12. The van der Waals surface area contributed by atoms with Crippen LogP contribution in [0.4, 0.5) is 0 Å². The Bertz CT molecular complexity index is 4970. The van der Waals surface area contributed by atoms with Gasteiger partial charge in [-0.05, 0) is 143 Å². The molecule has 0 aliphatic carbocycles. The summed E-state index contributed by atoms with van der Waals surface area (Å²) in [6.07, 6.45) is 0. The zero-order valence-corrected chi connectivity index (χ0v) is 41.3. The first-order chi connectivity index (χ1) is 37.7. The SMILES string of the molecule is c1ccc(-c2cc(-c3cccc(-n4c5ccccc5c5c6c7ccccc7n(-c7ccccc7)c6ccc54)c3)cc(-c3cccc(-n4c5ccccc5c5c4ccc4c6ccccc6n(-c6ccccc6)c45)c3)c2)cc1. The molecule has 354 valence electrons. The van der Waals surface area contributed by atoms with E-state index in [1.54, 1.807) is 0 Å². The summed E-state index contributed by atoms with van der Waals surface area (Å²) in [7, 11) is 0. The number of rotatable bonds is 7. The van der Waals surface area contributed by atoms with Gasteiger partial charge in [-0.15, -0.1) is 0 Å². The summed E-state index contributed by atoms with van der Waals surface area (Å²) in [4.78, 5) is 0. The second-order valence-corrected chi connectivity index (χ2v) is 20.1. The Balaban J connectivity index is 0.875. The van der Waals surface area contributed by atoms with E-state index in [0.29, 0.717) is 0 Å².